The molecule has 0 aliphatic heterocycles. The molecular weight excluding hydrogens is 323 g/mol. The van der Waals surface area contributed by atoms with E-state index in [1.54, 1.807) is 25.4 Å². The first kappa shape index (κ1) is 16.4. The fraction of sp³-hybridized carbons (Fsp3) is 0.250. The summed E-state index contributed by atoms with van der Waals surface area (Å²) in [5.74, 6) is -1.14. The largest absolute Gasteiger partial charge is 1.00 e. The average Bonchev–Trinajstić information content (AvgIpc) is 2.79. The number of carbonyl (C=O) groups is 1. The summed E-state index contributed by atoms with van der Waals surface area (Å²) in [5, 5.41) is 13.5. The Morgan fingerprint density at radius 3 is 2.74 bits per heavy atom. The van der Waals surface area contributed by atoms with Gasteiger partial charge in [-0.3, -0.25) is 4.98 Å². The van der Waals surface area contributed by atoms with Crippen molar-refractivity contribution in [2.24, 2.45) is 0 Å². The molecule has 4 nitrogen and oxygen atoms in total. The topological polar surface area (TPSA) is 65.9 Å². The molecule has 0 fully saturated rings. The van der Waals surface area contributed by atoms with Crippen LogP contribution in [0.1, 0.15) is 19.5 Å². The van der Waals surface area contributed by atoms with Crippen LogP contribution >= 0.6 is 27.3 Å². The second kappa shape index (κ2) is 6.19. The third-order valence-electron chi connectivity index (χ3n) is 2.62. The number of carboxylic acid groups (broad SMARTS) is 1. The minimum absolute atomic E-state index is 0. The fourth-order valence-corrected chi connectivity index (χ4v) is 2.89. The maximum Gasteiger partial charge on any atom is 1.00 e. The molecule has 0 aliphatic rings. The number of aromatic nitrogens is 2. The molecule has 19 heavy (non-hydrogen) atoms. The Balaban J connectivity index is 0.00000180. The standard InChI is InChI=1S/C12H11BrN2O2S.Li/c1-12(2,11(16)17)8-6-18-10(15-8)9-7(13)4-3-5-14-9;/h3-6H,1-2H3,(H,16,17);/q;+1/p-1. The molecule has 0 amide bonds. The smallest absolute Gasteiger partial charge is 0.549 e. The average molecular weight is 333 g/mol. The van der Waals surface area contributed by atoms with Crippen molar-refractivity contribution in [1.82, 2.24) is 9.97 Å². The second-order valence-corrected chi connectivity index (χ2v) is 6.00. The van der Waals surface area contributed by atoms with E-state index in [2.05, 4.69) is 25.9 Å². The summed E-state index contributed by atoms with van der Waals surface area (Å²) >= 11 is 4.76. The molecule has 7 heteroatoms. The number of hydrogen-bond acceptors (Lipinski definition) is 5. The number of pyridine rings is 1. The van der Waals surface area contributed by atoms with Gasteiger partial charge in [0.25, 0.3) is 0 Å². The van der Waals surface area contributed by atoms with Gasteiger partial charge in [-0.2, -0.15) is 0 Å². The molecule has 0 N–H and O–H groups in total. The van der Waals surface area contributed by atoms with Crippen LogP contribution in [0.5, 0.6) is 0 Å². The Kier molecular flexibility index (Phi) is 5.33. The van der Waals surface area contributed by atoms with Gasteiger partial charge in [-0.25, -0.2) is 4.98 Å². The van der Waals surface area contributed by atoms with Gasteiger partial charge in [-0.05, 0) is 41.9 Å². The van der Waals surface area contributed by atoms with Crippen LogP contribution in [-0.4, -0.2) is 15.9 Å². The van der Waals surface area contributed by atoms with Gasteiger partial charge in [-0.15, -0.1) is 11.3 Å². The minimum atomic E-state index is -1.14. The number of halogens is 1. The van der Waals surface area contributed by atoms with E-state index >= 15 is 0 Å². The summed E-state index contributed by atoms with van der Waals surface area (Å²) in [6.45, 7) is 3.16. The summed E-state index contributed by atoms with van der Waals surface area (Å²) in [6, 6.07) is 3.68. The van der Waals surface area contributed by atoms with Crippen molar-refractivity contribution in [2.45, 2.75) is 19.3 Å². The Labute approximate surface area is 135 Å². The Hall–Kier alpha value is -0.673. The maximum absolute atomic E-state index is 11.1. The Morgan fingerprint density at radius 1 is 1.47 bits per heavy atom. The monoisotopic (exact) mass is 332 g/mol. The van der Waals surface area contributed by atoms with Crippen molar-refractivity contribution in [3.8, 4) is 10.7 Å². The zero-order valence-corrected chi connectivity index (χ0v) is 13.2. The van der Waals surface area contributed by atoms with Gasteiger partial charge in [0.05, 0.1) is 11.7 Å². The molecule has 0 spiro atoms. The third-order valence-corrected chi connectivity index (χ3v) is 4.10. The third kappa shape index (κ3) is 3.26. The molecule has 2 aromatic heterocycles. The van der Waals surface area contributed by atoms with Crippen molar-refractivity contribution in [3.63, 3.8) is 0 Å². The van der Waals surface area contributed by atoms with Gasteiger partial charge < -0.3 is 9.90 Å². The normalized spacial score (nSPS) is 10.9. The van der Waals surface area contributed by atoms with Crippen LogP contribution in [0.25, 0.3) is 10.7 Å². The fourth-order valence-electron chi connectivity index (χ4n) is 1.32. The van der Waals surface area contributed by atoms with Crippen LogP contribution in [0.4, 0.5) is 0 Å². The van der Waals surface area contributed by atoms with Crippen LogP contribution in [0.3, 0.4) is 0 Å². The molecule has 94 valence electrons. The SMILES string of the molecule is CC(C)(C(=O)[O-])c1csc(-c2ncccc2Br)n1.[Li+]. The van der Waals surface area contributed by atoms with Crippen LogP contribution < -0.4 is 24.0 Å². The van der Waals surface area contributed by atoms with Crippen LogP contribution in [0.15, 0.2) is 28.2 Å². The number of thiazole rings is 1. The minimum Gasteiger partial charge on any atom is -0.549 e. The molecular formula is C12H10BrLiN2O2S. The van der Waals surface area contributed by atoms with Gasteiger partial charge >= 0.3 is 18.9 Å². The van der Waals surface area contributed by atoms with Gasteiger partial charge in [0, 0.05) is 21.5 Å². The van der Waals surface area contributed by atoms with E-state index in [-0.39, 0.29) is 18.9 Å². The van der Waals surface area contributed by atoms with Gasteiger partial charge in [0.2, 0.25) is 0 Å². The Bertz CT molecular complexity index is 601. The predicted molar refractivity (Wildman–Crippen MR) is 71.1 cm³/mol. The quantitative estimate of drug-likeness (QED) is 0.676. The summed E-state index contributed by atoms with van der Waals surface area (Å²) in [6.07, 6.45) is 1.67. The van der Waals surface area contributed by atoms with E-state index < -0.39 is 11.4 Å². The molecule has 0 aliphatic carbocycles. The second-order valence-electron chi connectivity index (χ2n) is 4.28. The van der Waals surface area contributed by atoms with E-state index in [1.807, 2.05) is 12.1 Å². The molecule has 2 heterocycles. The molecule has 0 unspecified atom stereocenters. The molecule has 0 radical (unpaired) electrons. The molecule has 0 atom stereocenters. The van der Waals surface area contributed by atoms with E-state index in [1.165, 1.54) is 11.3 Å². The molecule has 0 aromatic carbocycles. The van der Waals surface area contributed by atoms with E-state index in [0.29, 0.717) is 16.4 Å². The maximum atomic E-state index is 11.1. The van der Waals surface area contributed by atoms with Crippen molar-refractivity contribution in [3.05, 3.63) is 33.9 Å². The summed E-state index contributed by atoms with van der Waals surface area (Å²) in [7, 11) is 0. The van der Waals surface area contributed by atoms with Crippen LogP contribution in [0.2, 0.25) is 0 Å². The molecule has 0 bridgehead atoms. The molecule has 0 saturated carbocycles. The van der Waals surface area contributed by atoms with Gasteiger partial charge in [0.1, 0.15) is 10.7 Å². The first-order valence-electron chi connectivity index (χ1n) is 5.21. The van der Waals surface area contributed by atoms with Crippen molar-refractivity contribution < 1.29 is 28.8 Å². The molecule has 0 saturated heterocycles. The zero-order valence-electron chi connectivity index (χ0n) is 10.8. The van der Waals surface area contributed by atoms with E-state index in [4.69, 9.17) is 0 Å². The van der Waals surface area contributed by atoms with E-state index in [0.717, 1.165) is 4.47 Å². The van der Waals surface area contributed by atoms with Crippen LogP contribution in [-0.2, 0) is 10.2 Å². The van der Waals surface area contributed by atoms with Crippen molar-refractivity contribution >= 4 is 33.2 Å². The summed E-state index contributed by atoms with van der Waals surface area (Å²) in [4.78, 5) is 19.6. The summed E-state index contributed by atoms with van der Waals surface area (Å²) in [5.41, 5.74) is 0.0960. The predicted octanol–water partition coefficient (Wildman–Crippen LogP) is -1.00. The van der Waals surface area contributed by atoms with E-state index in [9.17, 15) is 9.90 Å². The summed E-state index contributed by atoms with van der Waals surface area (Å²) < 4.78 is 0.831. The van der Waals surface area contributed by atoms with Crippen LogP contribution in [0, 0.1) is 0 Å². The number of carboxylic acids is 1. The Morgan fingerprint density at radius 2 is 2.16 bits per heavy atom. The number of aliphatic carboxylic acids is 1. The molecule has 2 aromatic rings. The number of carbonyl (C=O) groups excluding carboxylic acids is 1. The van der Waals surface area contributed by atoms with Crippen molar-refractivity contribution in [2.75, 3.05) is 0 Å². The number of hydrogen-bond donors (Lipinski definition) is 0. The van der Waals surface area contributed by atoms with Crippen molar-refractivity contribution in [1.29, 1.82) is 0 Å². The molecule has 2 rings (SSSR count). The first-order valence-corrected chi connectivity index (χ1v) is 6.88. The number of rotatable bonds is 3. The first-order chi connectivity index (χ1) is 8.43. The number of nitrogens with zero attached hydrogens (tertiary/aromatic N) is 2. The van der Waals surface area contributed by atoms with Gasteiger partial charge in [-0.1, -0.05) is 0 Å². The van der Waals surface area contributed by atoms with Gasteiger partial charge in [0.15, 0.2) is 0 Å². The zero-order chi connectivity index (χ0) is 13.3.